The van der Waals surface area contributed by atoms with E-state index in [2.05, 4.69) is 46.8 Å². The Labute approximate surface area is 193 Å². The van der Waals surface area contributed by atoms with Crippen molar-refractivity contribution in [1.29, 1.82) is 0 Å². The zero-order valence-electron chi connectivity index (χ0n) is 15.6. The van der Waals surface area contributed by atoms with Gasteiger partial charge in [0.15, 0.2) is 0 Å². The molecule has 0 atom stereocenters. The first-order valence-corrected chi connectivity index (χ1v) is 10.4. The molecular weight excluding hydrogens is 568 g/mol. The highest BCUT2D eigenvalue weighted by atomic mass is 79.9. The number of benzene rings is 2. The second kappa shape index (κ2) is 8.11. The van der Waals surface area contributed by atoms with Gasteiger partial charge in [0.25, 0.3) is 0 Å². The smallest absolute Gasteiger partial charge is 0.246 e. The van der Waals surface area contributed by atoms with E-state index in [1.54, 1.807) is 0 Å². The summed E-state index contributed by atoms with van der Waals surface area (Å²) in [6, 6.07) is 8.62. The van der Waals surface area contributed by atoms with Crippen LogP contribution in [0.25, 0.3) is 33.5 Å². The fourth-order valence-electron chi connectivity index (χ4n) is 3.02. The first-order chi connectivity index (χ1) is 14.9. The highest BCUT2D eigenvalue weighted by Crippen LogP contribution is 2.37. The van der Waals surface area contributed by atoms with E-state index in [-0.39, 0.29) is 11.4 Å². The van der Waals surface area contributed by atoms with Gasteiger partial charge in [0.2, 0.25) is 0 Å². The number of nitrogens with zero attached hydrogens (tertiary/aromatic N) is 3. The van der Waals surface area contributed by atoms with Crippen LogP contribution >= 0.6 is 31.9 Å². The van der Waals surface area contributed by atoms with Crippen molar-refractivity contribution in [3.05, 3.63) is 74.9 Å². The second-order valence-electron chi connectivity index (χ2n) is 6.67. The van der Waals surface area contributed by atoms with Crippen LogP contribution in [0.5, 0.6) is 0 Å². The Bertz CT molecular complexity index is 1200. The summed E-state index contributed by atoms with van der Waals surface area (Å²) in [5.74, 6) is 0. The van der Waals surface area contributed by atoms with Crippen LogP contribution in [0, 0.1) is 0 Å². The van der Waals surface area contributed by atoms with E-state index in [0.717, 1.165) is 24.3 Å². The molecule has 0 radical (unpaired) electrons. The molecule has 0 bridgehead atoms. The summed E-state index contributed by atoms with van der Waals surface area (Å²) < 4.78 is 78.7. The number of pyridine rings is 1. The number of halogens is 8. The normalized spacial score (nSPS) is 12.4. The number of rotatable bonds is 2. The summed E-state index contributed by atoms with van der Waals surface area (Å²) >= 11 is 6.61. The summed E-state index contributed by atoms with van der Waals surface area (Å²) in [6.07, 6.45) is -7.54. The molecule has 0 aliphatic carbocycles. The van der Waals surface area contributed by atoms with E-state index in [1.165, 1.54) is 30.5 Å². The summed E-state index contributed by atoms with van der Waals surface area (Å²) in [6.45, 7) is 0. The van der Waals surface area contributed by atoms with Crippen LogP contribution in [-0.2, 0) is 12.4 Å². The summed E-state index contributed by atoms with van der Waals surface area (Å²) in [4.78, 5) is 13.2. The van der Waals surface area contributed by atoms with Crippen molar-refractivity contribution in [2.45, 2.75) is 12.4 Å². The van der Waals surface area contributed by atoms with Crippen molar-refractivity contribution >= 4 is 42.9 Å². The molecule has 0 N–H and O–H groups in total. The Balaban J connectivity index is 1.95. The van der Waals surface area contributed by atoms with Crippen molar-refractivity contribution in [2.75, 3.05) is 0 Å². The van der Waals surface area contributed by atoms with Crippen LogP contribution in [0.3, 0.4) is 0 Å². The molecule has 2 heterocycles. The van der Waals surface area contributed by atoms with Crippen LogP contribution in [0.2, 0.25) is 0 Å². The lowest BCUT2D eigenvalue weighted by Crippen LogP contribution is -2.05. The molecule has 0 saturated heterocycles. The molecular formula is C21H9Br2F6N3. The molecule has 4 rings (SSSR count). The minimum atomic E-state index is -4.51. The Morgan fingerprint density at radius 1 is 0.594 bits per heavy atom. The maximum atomic E-state index is 13.0. The molecule has 2 aromatic heterocycles. The van der Waals surface area contributed by atoms with E-state index < -0.39 is 23.5 Å². The third-order valence-corrected chi connectivity index (χ3v) is 5.74. The van der Waals surface area contributed by atoms with Crippen molar-refractivity contribution in [3.8, 4) is 22.5 Å². The van der Waals surface area contributed by atoms with Gasteiger partial charge in [0.1, 0.15) is 15.6 Å². The number of hydrogen-bond acceptors (Lipinski definition) is 3. The molecule has 4 aromatic rings. The van der Waals surface area contributed by atoms with Crippen molar-refractivity contribution in [1.82, 2.24) is 15.0 Å². The molecule has 3 nitrogen and oxygen atoms in total. The summed E-state index contributed by atoms with van der Waals surface area (Å²) in [5.41, 5.74) is 0.103. The van der Waals surface area contributed by atoms with Gasteiger partial charge in [-0.25, -0.2) is 15.0 Å². The lowest BCUT2D eigenvalue weighted by atomic mass is 10.0. The van der Waals surface area contributed by atoms with Crippen LogP contribution in [0.1, 0.15) is 11.1 Å². The van der Waals surface area contributed by atoms with Crippen LogP contribution in [0.4, 0.5) is 26.3 Å². The average molecular weight is 577 g/mol. The first kappa shape index (κ1) is 22.7. The summed E-state index contributed by atoms with van der Waals surface area (Å²) in [7, 11) is 0. The first-order valence-electron chi connectivity index (χ1n) is 8.82. The number of hydrogen-bond donors (Lipinski definition) is 0. The average Bonchev–Trinajstić information content (AvgIpc) is 2.75. The molecule has 32 heavy (non-hydrogen) atoms. The monoisotopic (exact) mass is 575 g/mol. The van der Waals surface area contributed by atoms with Gasteiger partial charge in [-0.05, 0) is 56.1 Å². The molecule has 11 heteroatoms. The topological polar surface area (TPSA) is 38.7 Å². The number of alkyl halides is 6. The van der Waals surface area contributed by atoms with E-state index in [0.29, 0.717) is 31.2 Å². The maximum absolute atomic E-state index is 13.0. The van der Waals surface area contributed by atoms with Gasteiger partial charge >= 0.3 is 12.4 Å². The van der Waals surface area contributed by atoms with E-state index in [4.69, 9.17) is 0 Å². The Morgan fingerprint density at radius 2 is 1.00 bits per heavy atom. The zero-order chi connectivity index (χ0) is 23.3. The largest absolute Gasteiger partial charge is 0.416 e. The van der Waals surface area contributed by atoms with Crippen LogP contribution in [-0.4, -0.2) is 15.0 Å². The van der Waals surface area contributed by atoms with Gasteiger partial charge in [0.05, 0.1) is 27.0 Å². The Hall–Kier alpha value is -2.53. The molecule has 0 fully saturated rings. The zero-order valence-corrected chi connectivity index (χ0v) is 18.7. The molecule has 0 unspecified atom stereocenters. The quantitative estimate of drug-likeness (QED) is 0.180. The van der Waals surface area contributed by atoms with Crippen LogP contribution in [0.15, 0.2) is 63.8 Å². The van der Waals surface area contributed by atoms with Gasteiger partial charge in [-0.2, -0.15) is 26.3 Å². The molecule has 0 saturated carbocycles. The third-order valence-electron chi connectivity index (χ3n) is 4.58. The fourth-order valence-corrected chi connectivity index (χ4v) is 3.78. The van der Waals surface area contributed by atoms with E-state index >= 15 is 0 Å². The maximum Gasteiger partial charge on any atom is 0.416 e. The molecule has 164 valence electrons. The third kappa shape index (κ3) is 4.36. The van der Waals surface area contributed by atoms with Crippen LogP contribution < -0.4 is 0 Å². The van der Waals surface area contributed by atoms with Gasteiger partial charge in [-0.1, -0.05) is 24.3 Å². The molecule has 0 spiro atoms. The fraction of sp³-hybridized carbons (Fsp3) is 0.0952. The second-order valence-corrected chi connectivity index (χ2v) is 8.27. The molecule has 0 aliphatic heterocycles. The molecule has 2 aromatic carbocycles. The Morgan fingerprint density at radius 3 is 1.41 bits per heavy atom. The summed E-state index contributed by atoms with van der Waals surface area (Å²) in [5, 5.41) is 0. The van der Waals surface area contributed by atoms with Crippen molar-refractivity contribution in [2.24, 2.45) is 0 Å². The predicted molar refractivity (Wildman–Crippen MR) is 114 cm³/mol. The van der Waals surface area contributed by atoms with Crippen molar-refractivity contribution in [3.63, 3.8) is 0 Å². The van der Waals surface area contributed by atoms with E-state index in [1.807, 2.05) is 0 Å². The van der Waals surface area contributed by atoms with Gasteiger partial charge in [-0.15, -0.1) is 0 Å². The van der Waals surface area contributed by atoms with Gasteiger partial charge < -0.3 is 0 Å². The SMILES string of the molecule is FC(F)(F)c1ccc(-c2nc3c(Br)cnc(Br)c3nc2-c2ccc(C(F)(F)F)cc2)cc1. The predicted octanol–water partition coefficient (Wildman–Crippen LogP) is 7.92. The minimum Gasteiger partial charge on any atom is -0.246 e. The lowest BCUT2D eigenvalue weighted by Gasteiger charge is -2.14. The number of aromatic nitrogens is 3. The Kier molecular flexibility index (Phi) is 5.74. The van der Waals surface area contributed by atoms with Gasteiger partial charge in [0, 0.05) is 17.3 Å². The highest BCUT2D eigenvalue weighted by Gasteiger charge is 2.31. The highest BCUT2D eigenvalue weighted by molar-refractivity contribution is 9.11. The van der Waals surface area contributed by atoms with Crippen molar-refractivity contribution < 1.29 is 26.3 Å². The van der Waals surface area contributed by atoms with Gasteiger partial charge in [-0.3, -0.25) is 0 Å². The molecule has 0 aliphatic rings. The van der Waals surface area contributed by atoms with E-state index in [9.17, 15) is 26.3 Å². The standard InChI is InChI=1S/C21H9Br2F6N3/c22-14-9-30-19(23)18-17(14)31-15(10-1-5-12(6-2-10)20(24,25)26)16(32-18)11-3-7-13(8-4-11)21(27,28)29/h1-9H. The minimum absolute atomic E-state index is 0.201. The lowest BCUT2D eigenvalue weighted by molar-refractivity contribution is -0.138. The molecule has 0 amide bonds. The number of fused-ring (bicyclic) bond motifs is 1.